The molecule has 1 heteroatoms. The van der Waals surface area contributed by atoms with Gasteiger partial charge in [0.1, 0.15) is 0 Å². The molecule has 0 spiro atoms. The summed E-state index contributed by atoms with van der Waals surface area (Å²) in [5, 5.41) is 0. The summed E-state index contributed by atoms with van der Waals surface area (Å²) in [6, 6.07) is 0. The second-order valence-electron chi connectivity index (χ2n) is 4.16. The van der Waals surface area contributed by atoms with Crippen LogP contribution in [0.15, 0.2) is 0 Å². The van der Waals surface area contributed by atoms with Gasteiger partial charge in [0.15, 0.2) is 0 Å². The first-order valence-electron chi connectivity index (χ1n) is 4.77. The molecule has 0 saturated heterocycles. The van der Waals surface area contributed by atoms with E-state index in [0.717, 1.165) is 0 Å². The van der Waals surface area contributed by atoms with Crippen molar-refractivity contribution in [2.24, 2.45) is 0 Å². The van der Waals surface area contributed by atoms with Crippen molar-refractivity contribution in [2.75, 3.05) is 13.1 Å². The van der Waals surface area contributed by atoms with Crippen molar-refractivity contribution in [3.05, 3.63) is 0 Å². The van der Waals surface area contributed by atoms with E-state index in [1.54, 1.807) is 0 Å². The highest BCUT2D eigenvalue weighted by Gasteiger charge is 2.18. The Labute approximate surface area is 71.8 Å². The zero-order valence-corrected chi connectivity index (χ0v) is 8.78. The van der Waals surface area contributed by atoms with Crippen LogP contribution in [0.3, 0.4) is 0 Å². The molecule has 0 aromatic carbocycles. The van der Waals surface area contributed by atoms with E-state index in [-0.39, 0.29) is 0 Å². The summed E-state index contributed by atoms with van der Waals surface area (Å²) >= 11 is 0. The van der Waals surface area contributed by atoms with Crippen molar-refractivity contribution in [3.8, 4) is 0 Å². The predicted octanol–water partition coefficient (Wildman–Crippen LogP) is 2.91. The SMILES string of the molecule is CCCN(CCC)C(C)(C)C. The molecule has 0 rings (SSSR count). The Balaban J connectivity index is 3.88. The van der Waals surface area contributed by atoms with E-state index in [1.807, 2.05) is 0 Å². The van der Waals surface area contributed by atoms with Gasteiger partial charge < -0.3 is 0 Å². The van der Waals surface area contributed by atoms with Crippen LogP contribution < -0.4 is 0 Å². The first kappa shape index (κ1) is 11.0. The average molecular weight is 157 g/mol. The maximum Gasteiger partial charge on any atom is 0.0125 e. The molecular weight excluding hydrogens is 134 g/mol. The molecule has 1 nitrogen and oxygen atoms in total. The monoisotopic (exact) mass is 157 g/mol. The summed E-state index contributed by atoms with van der Waals surface area (Å²) in [4.78, 5) is 2.55. The van der Waals surface area contributed by atoms with Gasteiger partial charge in [-0.1, -0.05) is 13.8 Å². The van der Waals surface area contributed by atoms with E-state index in [1.165, 1.54) is 25.9 Å². The lowest BCUT2D eigenvalue weighted by atomic mass is 10.1. The topological polar surface area (TPSA) is 3.24 Å². The molecule has 0 bridgehead atoms. The third-order valence-corrected chi connectivity index (χ3v) is 1.94. The second-order valence-corrected chi connectivity index (χ2v) is 4.16. The van der Waals surface area contributed by atoms with Crippen molar-refractivity contribution in [1.29, 1.82) is 0 Å². The molecule has 0 aromatic heterocycles. The summed E-state index contributed by atoms with van der Waals surface area (Å²) in [6.45, 7) is 13.8. The number of nitrogens with zero attached hydrogens (tertiary/aromatic N) is 1. The lowest BCUT2D eigenvalue weighted by molar-refractivity contribution is 0.137. The normalized spacial score (nSPS) is 12.5. The molecule has 0 amide bonds. The van der Waals surface area contributed by atoms with Crippen LogP contribution in [0.2, 0.25) is 0 Å². The molecule has 0 unspecified atom stereocenters. The maximum atomic E-state index is 2.55. The molecule has 0 radical (unpaired) electrons. The van der Waals surface area contributed by atoms with E-state index in [2.05, 4.69) is 39.5 Å². The first-order chi connectivity index (χ1) is 5.02. The molecule has 0 fully saturated rings. The Kier molecular flexibility index (Phi) is 4.74. The minimum absolute atomic E-state index is 0.353. The zero-order chi connectivity index (χ0) is 8.91. The van der Waals surface area contributed by atoms with Crippen molar-refractivity contribution in [3.63, 3.8) is 0 Å². The largest absolute Gasteiger partial charge is 0.299 e. The molecule has 0 aliphatic carbocycles. The van der Waals surface area contributed by atoms with Gasteiger partial charge in [-0.15, -0.1) is 0 Å². The highest BCUT2D eigenvalue weighted by Crippen LogP contribution is 2.13. The molecule has 0 aliphatic heterocycles. The molecule has 0 atom stereocenters. The van der Waals surface area contributed by atoms with E-state index < -0.39 is 0 Å². The van der Waals surface area contributed by atoms with Gasteiger partial charge in [0.2, 0.25) is 0 Å². The molecule has 0 N–H and O–H groups in total. The first-order valence-corrected chi connectivity index (χ1v) is 4.77. The van der Waals surface area contributed by atoms with E-state index in [4.69, 9.17) is 0 Å². The van der Waals surface area contributed by atoms with Crippen LogP contribution in [0, 0.1) is 0 Å². The summed E-state index contributed by atoms with van der Waals surface area (Å²) in [5.74, 6) is 0. The number of hydrogen-bond acceptors (Lipinski definition) is 1. The van der Waals surface area contributed by atoms with Crippen LogP contribution in [0.4, 0.5) is 0 Å². The van der Waals surface area contributed by atoms with Crippen LogP contribution in [-0.4, -0.2) is 23.5 Å². The maximum absolute atomic E-state index is 2.55. The summed E-state index contributed by atoms with van der Waals surface area (Å²) in [6.07, 6.45) is 2.52. The third-order valence-electron chi connectivity index (χ3n) is 1.94. The Hall–Kier alpha value is -0.0400. The van der Waals surface area contributed by atoms with Gasteiger partial charge in [0.05, 0.1) is 0 Å². The highest BCUT2D eigenvalue weighted by atomic mass is 15.2. The fourth-order valence-corrected chi connectivity index (χ4v) is 1.32. The van der Waals surface area contributed by atoms with Gasteiger partial charge >= 0.3 is 0 Å². The van der Waals surface area contributed by atoms with Gasteiger partial charge in [-0.2, -0.15) is 0 Å². The minimum Gasteiger partial charge on any atom is -0.299 e. The fraction of sp³-hybridized carbons (Fsp3) is 1.00. The number of rotatable bonds is 4. The van der Waals surface area contributed by atoms with Crippen molar-refractivity contribution in [1.82, 2.24) is 4.90 Å². The summed E-state index contributed by atoms with van der Waals surface area (Å²) in [5.41, 5.74) is 0.353. The van der Waals surface area contributed by atoms with Crippen molar-refractivity contribution >= 4 is 0 Å². The Morgan fingerprint density at radius 3 is 1.45 bits per heavy atom. The van der Waals surface area contributed by atoms with Crippen LogP contribution >= 0.6 is 0 Å². The van der Waals surface area contributed by atoms with Gasteiger partial charge in [0, 0.05) is 5.54 Å². The number of hydrogen-bond donors (Lipinski definition) is 0. The Bertz CT molecular complexity index is 85.5. The van der Waals surface area contributed by atoms with E-state index in [9.17, 15) is 0 Å². The van der Waals surface area contributed by atoms with Gasteiger partial charge in [-0.25, -0.2) is 0 Å². The van der Waals surface area contributed by atoms with Crippen molar-refractivity contribution in [2.45, 2.75) is 53.0 Å². The standard InChI is InChI=1S/C10H23N/c1-6-8-11(9-7-2)10(3,4)5/h6-9H2,1-5H3. The lowest BCUT2D eigenvalue weighted by Gasteiger charge is -2.35. The van der Waals surface area contributed by atoms with Crippen molar-refractivity contribution < 1.29 is 0 Å². The molecule has 68 valence electrons. The molecule has 0 saturated carbocycles. The highest BCUT2D eigenvalue weighted by molar-refractivity contribution is 4.74. The van der Waals surface area contributed by atoms with Crippen LogP contribution in [0.1, 0.15) is 47.5 Å². The lowest BCUT2D eigenvalue weighted by Crippen LogP contribution is -2.42. The Morgan fingerprint density at radius 1 is 0.909 bits per heavy atom. The predicted molar refractivity (Wildman–Crippen MR) is 51.9 cm³/mol. The summed E-state index contributed by atoms with van der Waals surface area (Å²) in [7, 11) is 0. The molecule has 0 heterocycles. The average Bonchev–Trinajstić information content (AvgIpc) is 1.85. The molecule has 0 aromatic rings. The van der Waals surface area contributed by atoms with Gasteiger partial charge in [-0.3, -0.25) is 4.90 Å². The van der Waals surface area contributed by atoms with Crippen LogP contribution in [0.25, 0.3) is 0 Å². The van der Waals surface area contributed by atoms with E-state index >= 15 is 0 Å². The Morgan fingerprint density at radius 2 is 1.27 bits per heavy atom. The molecule has 0 aliphatic rings. The quantitative estimate of drug-likeness (QED) is 0.606. The van der Waals surface area contributed by atoms with Crippen LogP contribution in [-0.2, 0) is 0 Å². The molecule has 11 heavy (non-hydrogen) atoms. The van der Waals surface area contributed by atoms with Crippen LogP contribution in [0.5, 0.6) is 0 Å². The van der Waals surface area contributed by atoms with Gasteiger partial charge in [0.25, 0.3) is 0 Å². The smallest absolute Gasteiger partial charge is 0.0125 e. The third kappa shape index (κ3) is 4.41. The zero-order valence-electron chi connectivity index (χ0n) is 8.78. The minimum atomic E-state index is 0.353. The fourth-order valence-electron chi connectivity index (χ4n) is 1.32. The summed E-state index contributed by atoms with van der Waals surface area (Å²) < 4.78 is 0. The second kappa shape index (κ2) is 4.76. The van der Waals surface area contributed by atoms with E-state index in [0.29, 0.717) is 5.54 Å². The molecular formula is C10H23N. The van der Waals surface area contributed by atoms with Gasteiger partial charge in [-0.05, 0) is 46.7 Å².